The van der Waals surface area contributed by atoms with Crippen molar-refractivity contribution in [3.8, 4) is 0 Å². The van der Waals surface area contributed by atoms with Crippen LogP contribution in [0.2, 0.25) is 0 Å². The molecule has 172 valence electrons. The second kappa shape index (κ2) is 11.2. The second-order valence-electron chi connectivity index (χ2n) is 7.38. The number of thioether (sulfide) groups is 1. The van der Waals surface area contributed by atoms with E-state index in [2.05, 4.69) is 5.32 Å². The van der Waals surface area contributed by atoms with E-state index in [-0.39, 0.29) is 24.6 Å². The Bertz CT molecular complexity index is 1340. The topological polar surface area (TPSA) is 77.4 Å². The van der Waals surface area contributed by atoms with Crippen LogP contribution in [-0.4, -0.2) is 29.3 Å². The minimum absolute atomic E-state index is 0.215. The number of rotatable bonds is 7. The Morgan fingerprint density at radius 1 is 1.15 bits per heavy atom. The molecule has 8 heteroatoms. The first-order valence-corrected chi connectivity index (χ1v) is 12.5. The molecule has 0 aliphatic heterocycles. The summed E-state index contributed by atoms with van der Waals surface area (Å²) >= 11 is 2.79. The highest BCUT2D eigenvalue weighted by Gasteiger charge is 2.12. The normalized spacial score (nSPS) is 12.1. The standard InChI is InChI=1S/C25H26N2O4S2/c1-5-31-24(29)14-23-27(15-22(28)26-20-11-6-16(2)12-17(20)3)25(30)21(33-23)13-18-7-9-19(32-4)10-8-18/h6-14H,5,15H2,1-4H3,(H,26,28)/b21-13-,23-14-. The predicted octanol–water partition coefficient (Wildman–Crippen LogP) is 3.06. The number of hydrogen-bond acceptors (Lipinski definition) is 6. The van der Waals surface area contributed by atoms with Crippen molar-refractivity contribution in [2.75, 3.05) is 18.2 Å². The number of carbonyl (C=O) groups is 2. The number of aromatic nitrogens is 1. The molecular formula is C25H26N2O4S2. The molecule has 0 saturated carbocycles. The fourth-order valence-corrected chi connectivity index (χ4v) is 4.66. The summed E-state index contributed by atoms with van der Waals surface area (Å²) in [6, 6.07) is 13.5. The van der Waals surface area contributed by atoms with Gasteiger partial charge in [0.2, 0.25) is 5.91 Å². The number of anilines is 1. The average Bonchev–Trinajstić information content (AvgIpc) is 3.05. The summed E-state index contributed by atoms with van der Waals surface area (Å²) in [4.78, 5) is 39.1. The number of carbonyl (C=O) groups excluding carboxylic acids is 2. The molecule has 0 saturated heterocycles. The molecule has 0 atom stereocenters. The summed E-state index contributed by atoms with van der Waals surface area (Å²) in [7, 11) is 0. The maximum Gasteiger partial charge on any atom is 0.333 e. The van der Waals surface area contributed by atoms with E-state index in [1.165, 1.54) is 10.6 Å². The first-order valence-electron chi connectivity index (χ1n) is 10.4. The van der Waals surface area contributed by atoms with E-state index in [1.807, 2.05) is 62.6 Å². The third-order valence-electron chi connectivity index (χ3n) is 4.84. The predicted molar refractivity (Wildman–Crippen MR) is 135 cm³/mol. The van der Waals surface area contributed by atoms with Crippen LogP contribution in [0.5, 0.6) is 0 Å². The van der Waals surface area contributed by atoms with E-state index in [0.29, 0.717) is 14.9 Å². The van der Waals surface area contributed by atoms with Crippen molar-refractivity contribution in [3.05, 3.63) is 78.7 Å². The van der Waals surface area contributed by atoms with Gasteiger partial charge in [0.25, 0.3) is 5.56 Å². The van der Waals surface area contributed by atoms with Gasteiger partial charge in [0.1, 0.15) is 11.2 Å². The highest BCUT2D eigenvalue weighted by molar-refractivity contribution is 7.98. The van der Waals surface area contributed by atoms with Crippen LogP contribution in [0.3, 0.4) is 0 Å². The van der Waals surface area contributed by atoms with Gasteiger partial charge in [-0.1, -0.05) is 29.8 Å². The Morgan fingerprint density at radius 2 is 1.88 bits per heavy atom. The van der Waals surface area contributed by atoms with Crippen molar-refractivity contribution in [1.82, 2.24) is 4.57 Å². The van der Waals surface area contributed by atoms with Crippen LogP contribution >= 0.6 is 23.1 Å². The van der Waals surface area contributed by atoms with Gasteiger partial charge in [-0.15, -0.1) is 23.1 Å². The Kier molecular flexibility index (Phi) is 8.30. The number of hydrogen-bond donors (Lipinski definition) is 1. The monoisotopic (exact) mass is 482 g/mol. The van der Waals surface area contributed by atoms with Crippen molar-refractivity contribution < 1.29 is 14.3 Å². The SMILES string of the molecule is CCOC(=O)/C=c1\s/c(=C\c2ccc(SC)cc2)c(=O)n1CC(=O)Nc1ccc(C)cc1C. The summed E-state index contributed by atoms with van der Waals surface area (Å²) in [5.74, 6) is -0.908. The van der Waals surface area contributed by atoms with Gasteiger partial charge in [0.15, 0.2) is 0 Å². The maximum atomic E-state index is 13.1. The average molecular weight is 483 g/mol. The van der Waals surface area contributed by atoms with Crippen LogP contribution in [0.15, 0.2) is 52.2 Å². The molecule has 3 aromatic rings. The molecule has 0 unspecified atom stereocenters. The molecule has 1 N–H and O–H groups in total. The Balaban J connectivity index is 1.99. The van der Waals surface area contributed by atoms with Crippen LogP contribution < -0.4 is 20.1 Å². The van der Waals surface area contributed by atoms with E-state index in [1.54, 1.807) is 24.8 Å². The van der Waals surface area contributed by atoms with Gasteiger partial charge in [-0.3, -0.25) is 14.2 Å². The zero-order valence-electron chi connectivity index (χ0n) is 19.0. The number of nitrogens with one attached hydrogen (secondary N) is 1. The number of aryl methyl sites for hydroxylation is 2. The molecule has 2 aromatic carbocycles. The lowest BCUT2D eigenvalue weighted by Crippen LogP contribution is -2.36. The largest absolute Gasteiger partial charge is 0.463 e. The molecule has 1 heterocycles. The van der Waals surface area contributed by atoms with E-state index in [9.17, 15) is 14.4 Å². The van der Waals surface area contributed by atoms with Gasteiger partial charge < -0.3 is 10.1 Å². The molecule has 3 rings (SSSR count). The highest BCUT2D eigenvalue weighted by atomic mass is 32.2. The van der Waals surface area contributed by atoms with E-state index >= 15 is 0 Å². The molecule has 0 spiro atoms. The van der Waals surface area contributed by atoms with Gasteiger partial charge in [0.05, 0.1) is 17.2 Å². The van der Waals surface area contributed by atoms with Gasteiger partial charge in [0, 0.05) is 10.6 Å². The van der Waals surface area contributed by atoms with Crippen LogP contribution in [-0.2, 0) is 20.9 Å². The number of amides is 1. The zero-order valence-corrected chi connectivity index (χ0v) is 20.6. The Labute approximate surface area is 200 Å². The van der Waals surface area contributed by atoms with Crippen LogP contribution in [0.25, 0.3) is 12.2 Å². The molecule has 0 aliphatic carbocycles. The van der Waals surface area contributed by atoms with Crippen LogP contribution in [0, 0.1) is 13.8 Å². The molecule has 0 bridgehead atoms. The Hall–Kier alpha value is -3.10. The molecule has 6 nitrogen and oxygen atoms in total. The fraction of sp³-hybridized carbons (Fsp3) is 0.240. The summed E-state index contributed by atoms with van der Waals surface area (Å²) < 4.78 is 7.11. The van der Waals surface area contributed by atoms with Gasteiger partial charge >= 0.3 is 5.97 Å². The molecule has 0 aliphatic rings. The number of thiazole rings is 1. The van der Waals surface area contributed by atoms with Crippen molar-refractivity contribution in [1.29, 1.82) is 0 Å². The first-order chi connectivity index (χ1) is 15.8. The van der Waals surface area contributed by atoms with Crippen molar-refractivity contribution >= 4 is 52.8 Å². The third kappa shape index (κ3) is 6.46. The van der Waals surface area contributed by atoms with Crippen molar-refractivity contribution in [2.45, 2.75) is 32.2 Å². The summed E-state index contributed by atoms with van der Waals surface area (Å²) in [5, 5.41) is 2.85. The lowest BCUT2D eigenvalue weighted by Gasteiger charge is -2.09. The molecule has 0 fully saturated rings. The minimum Gasteiger partial charge on any atom is -0.463 e. The van der Waals surface area contributed by atoms with Gasteiger partial charge in [-0.05, 0) is 62.4 Å². The quantitative estimate of drug-likeness (QED) is 0.414. The number of ether oxygens (including phenoxy) is 1. The third-order valence-corrected chi connectivity index (χ3v) is 6.64. The van der Waals surface area contributed by atoms with Gasteiger partial charge in [-0.2, -0.15) is 0 Å². The second-order valence-corrected chi connectivity index (χ2v) is 9.32. The summed E-state index contributed by atoms with van der Waals surface area (Å²) in [5.41, 5.74) is 3.24. The van der Waals surface area contributed by atoms with E-state index in [4.69, 9.17) is 4.74 Å². The summed E-state index contributed by atoms with van der Waals surface area (Å²) in [6.07, 6.45) is 5.02. The number of esters is 1. The molecule has 0 radical (unpaired) electrons. The molecule has 1 amide bonds. The van der Waals surface area contributed by atoms with E-state index in [0.717, 1.165) is 32.9 Å². The Morgan fingerprint density at radius 3 is 2.52 bits per heavy atom. The highest BCUT2D eigenvalue weighted by Crippen LogP contribution is 2.16. The number of benzene rings is 2. The zero-order chi connectivity index (χ0) is 24.0. The fourth-order valence-electron chi connectivity index (χ4n) is 3.22. The van der Waals surface area contributed by atoms with E-state index < -0.39 is 5.97 Å². The molecular weight excluding hydrogens is 456 g/mol. The minimum atomic E-state index is -0.557. The number of nitrogens with zero attached hydrogens (tertiary/aromatic N) is 1. The maximum absolute atomic E-state index is 13.1. The van der Waals surface area contributed by atoms with Crippen molar-refractivity contribution in [3.63, 3.8) is 0 Å². The summed E-state index contributed by atoms with van der Waals surface area (Å²) in [6.45, 7) is 5.61. The lowest BCUT2D eigenvalue weighted by molar-refractivity contribution is -0.135. The van der Waals surface area contributed by atoms with Crippen molar-refractivity contribution in [2.24, 2.45) is 0 Å². The van der Waals surface area contributed by atoms with Crippen LogP contribution in [0.4, 0.5) is 5.69 Å². The molecule has 33 heavy (non-hydrogen) atoms. The lowest BCUT2D eigenvalue weighted by atomic mass is 10.1. The van der Waals surface area contributed by atoms with Gasteiger partial charge in [-0.25, -0.2) is 4.79 Å². The first kappa shape index (κ1) is 24.5. The molecule has 1 aromatic heterocycles. The smallest absolute Gasteiger partial charge is 0.333 e. The van der Waals surface area contributed by atoms with Crippen LogP contribution in [0.1, 0.15) is 23.6 Å².